The molecule has 0 saturated carbocycles. The lowest BCUT2D eigenvalue weighted by Gasteiger charge is -2.45. The van der Waals surface area contributed by atoms with Crippen molar-refractivity contribution < 1.29 is 30.7 Å². The summed E-state index contributed by atoms with van der Waals surface area (Å²) >= 11 is 0. The largest absolute Gasteiger partial charge is 0.434 e. The Morgan fingerprint density at radius 3 is 1.52 bits per heavy atom. The van der Waals surface area contributed by atoms with E-state index in [0.29, 0.717) is 17.2 Å². The minimum Gasteiger partial charge on any atom is -0.356 e. The monoisotopic (exact) mass is 415 g/mol. The average molecular weight is 415 g/mol. The van der Waals surface area contributed by atoms with Crippen LogP contribution in [-0.4, -0.2) is 29.0 Å². The molecular formula is C21H16F7N. The van der Waals surface area contributed by atoms with Gasteiger partial charge in [-0.05, 0) is 17.2 Å². The molecule has 0 aliphatic carbocycles. The van der Waals surface area contributed by atoms with E-state index in [4.69, 9.17) is 0 Å². The smallest absolute Gasteiger partial charge is 0.356 e. The van der Waals surface area contributed by atoms with Crippen LogP contribution < -0.4 is 0 Å². The molecule has 154 valence electrons. The second-order valence-electron chi connectivity index (χ2n) is 6.55. The van der Waals surface area contributed by atoms with Crippen LogP contribution in [0.2, 0.25) is 0 Å². The fourth-order valence-electron chi connectivity index (χ4n) is 3.40. The van der Waals surface area contributed by atoms with Gasteiger partial charge in [0.15, 0.2) is 0 Å². The normalized spacial score (nSPS) is 17.8. The maximum atomic E-state index is 15.0. The molecule has 1 heterocycles. The summed E-state index contributed by atoms with van der Waals surface area (Å²) in [7, 11) is 0. The zero-order chi connectivity index (χ0) is 21.3. The summed E-state index contributed by atoms with van der Waals surface area (Å²) in [5, 5.41) is 0. The number of allylic oxidation sites excluding steroid dienone is 2. The van der Waals surface area contributed by atoms with E-state index in [0.717, 1.165) is 17.2 Å². The maximum absolute atomic E-state index is 15.0. The number of hydrogen-bond donors (Lipinski definition) is 0. The highest BCUT2D eigenvalue weighted by atomic mass is 19.4. The van der Waals surface area contributed by atoms with Crippen LogP contribution in [0.15, 0.2) is 85.1 Å². The zero-order valence-corrected chi connectivity index (χ0v) is 14.8. The third kappa shape index (κ3) is 3.75. The van der Waals surface area contributed by atoms with Crippen LogP contribution in [-0.2, 0) is 0 Å². The number of halogens is 7. The second-order valence-corrected chi connectivity index (χ2v) is 6.55. The molecule has 0 fully saturated rings. The summed E-state index contributed by atoms with van der Waals surface area (Å²) in [5.41, 5.74) is -4.60. The van der Waals surface area contributed by atoms with Gasteiger partial charge in [-0.3, -0.25) is 0 Å². The molecule has 29 heavy (non-hydrogen) atoms. The quantitative estimate of drug-likeness (QED) is 0.525. The Hall–Kier alpha value is -2.77. The van der Waals surface area contributed by atoms with Crippen LogP contribution in [0.4, 0.5) is 30.7 Å². The van der Waals surface area contributed by atoms with Crippen molar-refractivity contribution in [2.75, 3.05) is 0 Å². The maximum Gasteiger partial charge on any atom is 0.434 e. The van der Waals surface area contributed by atoms with Crippen LogP contribution in [0.3, 0.4) is 0 Å². The van der Waals surface area contributed by atoms with Gasteiger partial charge in [0, 0.05) is 6.20 Å². The van der Waals surface area contributed by atoms with Crippen LogP contribution in [0.5, 0.6) is 0 Å². The van der Waals surface area contributed by atoms with Crippen molar-refractivity contribution in [3.63, 3.8) is 0 Å². The van der Waals surface area contributed by atoms with E-state index < -0.39 is 30.1 Å². The lowest BCUT2D eigenvalue weighted by atomic mass is 9.87. The summed E-state index contributed by atoms with van der Waals surface area (Å²) in [6, 6.07) is 12.4. The van der Waals surface area contributed by atoms with Crippen LogP contribution in [0.1, 0.15) is 17.2 Å². The highest BCUT2D eigenvalue weighted by Gasteiger charge is 2.76. The van der Waals surface area contributed by atoms with E-state index in [-0.39, 0.29) is 0 Å². The Morgan fingerprint density at radius 2 is 1.10 bits per heavy atom. The van der Waals surface area contributed by atoms with Gasteiger partial charge in [0.25, 0.3) is 0 Å². The molecule has 1 aliphatic rings. The summed E-state index contributed by atoms with van der Waals surface area (Å²) in [4.78, 5) is 0.769. The molecule has 1 unspecified atom stereocenters. The highest BCUT2D eigenvalue weighted by Crippen LogP contribution is 2.52. The molecule has 1 aliphatic heterocycles. The minimum atomic E-state index is -6.17. The van der Waals surface area contributed by atoms with Crippen molar-refractivity contribution in [1.29, 1.82) is 0 Å². The topological polar surface area (TPSA) is 3.24 Å². The van der Waals surface area contributed by atoms with Crippen LogP contribution >= 0.6 is 0 Å². The fraction of sp³-hybridized carbons (Fsp3) is 0.238. The van der Waals surface area contributed by atoms with Crippen molar-refractivity contribution in [3.8, 4) is 0 Å². The van der Waals surface area contributed by atoms with Gasteiger partial charge >= 0.3 is 18.0 Å². The predicted octanol–water partition coefficient (Wildman–Crippen LogP) is 6.36. The molecule has 0 spiro atoms. The molecule has 0 aromatic heterocycles. The van der Waals surface area contributed by atoms with Gasteiger partial charge in [-0.1, -0.05) is 72.8 Å². The predicted molar refractivity (Wildman–Crippen MR) is 94.6 cm³/mol. The second kappa shape index (κ2) is 7.57. The molecule has 0 saturated heterocycles. The molecule has 0 bridgehead atoms. The Bertz CT molecular complexity index is 816. The molecule has 2 aromatic carbocycles. The number of rotatable bonds is 4. The molecule has 2 aromatic rings. The van der Waals surface area contributed by atoms with Crippen molar-refractivity contribution in [2.45, 2.75) is 30.1 Å². The molecule has 0 amide bonds. The number of benzene rings is 2. The van der Waals surface area contributed by atoms with Crippen molar-refractivity contribution in [1.82, 2.24) is 4.90 Å². The average Bonchev–Trinajstić information content (AvgIpc) is 2.68. The first-order valence-corrected chi connectivity index (χ1v) is 8.62. The molecule has 1 atom stereocenters. The summed E-state index contributed by atoms with van der Waals surface area (Å²) in [6.45, 7) is 0. The first-order chi connectivity index (χ1) is 13.6. The number of nitrogens with zero attached hydrogens (tertiary/aromatic N) is 1. The van der Waals surface area contributed by atoms with Gasteiger partial charge in [0.1, 0.15) is 6.04 Å². The SMILES string of the molecule is FC(F)(F)C(F)(C1C=CC=CN1C(c1ccccc1)c1ccccc1)C(F)(F)F. The first-order valence-electron chi connectivity index (χ1n) is 8.62. The van der Waals surface area contributed by atoms with Gasteiger partial charge in [-0.15, -0.1) is 0 Å². The number of hydrogen-bond acceptors (Lipinski definition) is 1. The number of alkyl halides is 7. The van der Waals surface area contributed by atoms with E-state index in [2.05, 4.69) is 0 Å². The van der Waals surface area contributed by atoms with E-state index in [1.807, 2.05) is 0 Å². The lowest BCUT2D eigenvalue weighted by Crippen LogP contribution is -2.65. The molecule has 0 radical (unpaired) electrons. The Kier molecular flexibility index (Phi) is 5.47. The standard InChI is InChI=1S/C21H16F7N/c22-19(20(23,24)25,21(26,27)28)17-13-7-8-14-29(17)18(15-9-3-1-4-10-15)16-11-5-2-6-12-16/h1-14,17-18H. The van der Waals surface area contributed by atoms with Gasteiger partial charge in [0.2, 0.25) is 0 Å². The van der Waals surface area contributed by atoms with E-state index in [1.54, 1.807) is 60.7 Å². The third-order valence-corrected chi connectivity index (χ3v) is 4.75. The van der Waals surface area contributed by atoms with Gasteiger partial charge in [-0.2, -0.15) is 26.3 Å². The molecule has 1 nitrogen and oxygen atoms in total. The molecule has 3 rings (SSSR count). The van der Waals surface area contributed by atoms with Gasteiger partial charge in [0.05, 0.1) is 6.04 Å². The lowest BCUT2D eigenvalue weighted by molar-refractivity contribution is -0.352. The fourth-order valence-corrected chi connectivity index (χ4v) is 3.40. The van der Waals surface area contributed by atoms with E-state index in [9.17, 15) is 30.7 Å². The first kappa shape index (κ1) is 21.0. The van der Waals surface area contributed by atoms with Crippen molar-refractivity contribution in [3.05, 3.63) is 96.2 Å². The Morgan fingerprint density at radius 1 is 0.655 bits per heavy atom. The van der Waals surface area contributed by atoms with Crippen molar-refractivity contribution >= 4 is 0 Å². The summed E-state index contributed by atoms with van der Waals surface area (Å²) < 4.78 is 95.6. The Labute approximate surface area is 162 Å². The van der Waals surface area contributed by atoms with Gasteiger partial charge < -0.3 is 4.90 Å². The molecule has 8 heteroatoms. The van der Waals surface area contributed by atoms with Crippen LogP contribution in [0, 0.1) is 0 Å². The zero-order valence-electron chi connectivity index (χ0n) is 14.8. The summed E-state index contributed by atoms with van der Waals surface area (Å²) in [6.07, 6.45) is -8.41. The summed E-state index contributed by atoms with van der Waals surface area (Å²) in [5.74, 6) is 0. The Balaban J connectivity index is 2.19. The third-order valence-electron chi connectivity index (χ3n) is 4.75. The van der Waals surface area contributed by atoms with E-state index in [1.165, 1.54) is 6.08 Å². The van der Waals surface area contributed by atoms with Gasteiger partial charge in [-0.25, -0.2) is 4.39 Å². The molecule has 0 N–H and O–H groups in total. The van der Waals surface area contributed by atoms with E-state index >= 15 is 0 Å². The van der Waals surface area contributed by atoms with Crippen LogP contribution in [0.25, 0.3) is 0 Å². The van der Waals surface area contributed by atoms with Crippen molar-refractivity contribution in [2.24, 2.45) is 0 Å². The minimum absolute atomic E-state index is 0.426. The highest BCUT2D eigenvalue weighted by molar-refractivity contribution is 5.35. The molecular weight excluding hydrogens is 399 g/mol.